The van der Waals surface area contributed by atoms with Gasteiger partial charge in [-0.2, -0.15) is 0 Å². The van der Waals surface area contributed by atoms with E-state index in [1.807, 2.05) is 0 Å². The third kappa shape index (κ3) is 3.66. The number of carbonyl (C=O) groups excluding carboxylic acids is 1. The van der Waals surface area contributed by atoms with E-state index >= 15 is 0 Å². The second-order valence-corrected chi connectivity index (χ2v) is 7.53. The topological polar surface area (TPSA) is 62.2 Å². The first-order valence-corrected chi connectivity index (χ1v) is 8.89. The smallest absolute Gasteiger partial charge is 0.253 e. The Balaban J connectivity index is 1.82. The molecule has 0 radical (unpaired) electrons. The zero-order valence-corrected chi connectivity index (χ0v) is 15.0. The average molecular weight is 367 g/mol. The lowest BCUT2D eigenvalue weighted by Crippen LogP contribution is -2.45. The van der Waals surface area contributed by atoms with Gasteiger partial charge in [-0.05, 0) is 43.0 Å². The van der Waals surface area contributed by atoms with Crippen LogP contribution in [-0.2, 0) is 0 Å². The van der Waals surface area contributed by atoms with E-state index in [-0.39, 0.29) is 12.5 Å². The Kier molecular flexibility index (Phi) is 5.00. The molecular formula is C18H20Cl2N2O2. The van der Waals surface area contributed by atoms with Crippen molar-refractivity contribution >= 4 is 40.0 Å². The monoisotopic (exact) mass is 366 g/mol. The number of nitrogens with one attached hydrogen (secondary N) is 1. The lowest BCUT2D eigenvalue weighted by atomic mass is 9.79. The number of pyridine rings is 1. The van der Waals surface area contributed by atoms with Crippen LogP contribution in [0.5, 0.6) is 0 Å². The molecule has 2 aromatic rings. The van der Waals surface area contributed by atoms with E-state index < -0.39 is 5.60 Å². The first kappa shape index (κ1) is 17.5. The van der Waals surface area contributed by atoms with E-state index in [0.717, 1.165) is 12.8 Å². The highest BCUT2D eigenvalue weighted by Gasteiger charge is 2.33. The zero-order chi connectivity index (χ0) is 17.3. The van der Waals surface area contributed by atoms with Gasteiger partial charge in [-0.15, -0.1) is 0 Å². The molecule has 1 fully saturated rings. The molecule has 2 unspecified atom stereocenters. The van der Waals surface area contributed by atoms with Gasteiger partial charge in [0.15, 0.2) is 0 Å². The van der Waals surface area contributed by atoms with Crippen molar-refractivity contribution in [3.8, 4) is 0 Å². The summed E-state index contributed by atoms with van der Waals surface area (Å²) in [5, 5.41) is 14.9. The molecule has 1 aliphatic rings. The Labute approximate surface area is 151 Å². The van der Waals surface area contributed by atoms with Gasteiger partial charge in [0.2, 0.25) is 0 Å². The van der Waals surface area contributed by atoms with Crippen molar-refractivity contribution < 1.29 is 9.90 Å². The molecule has 1 amide bonds. The van der Waals surface area contributed by atoms with Gasteiger partial charge in [0.05, 0.1) is 21.7 Å². The highest BCUT2D eigenvalue weighted by atomic mass is 35.5. The van der Waals surface area contributed by atoms with Gasteiger partial charge in [0, 0.05) is 11.9 Å². The highest BCUT2D eigenvalue weighted by Crippen LogP contribution is 2.32. The molecule has 1 saturated carbocycles. The molecule has 1 aromatic carbocycles. The second-order valence-electron chi connectivity index (χ2n) is 6.73. The van der Waals surface area contributed by atoms with Crippen molar-refractivity contribution in [2.45, 2.75) is 38.2 Å². The number of carbonyl (C=O) groups is 1. The van der Waals surface area contributed by atoms with E-state index in [0.29, 0.717) is 45.4 Å². The number of hydrogen-bond donors (Lipinski definition) is 2. The number of halogens is 2. The Bertz CT molecular complexity index is 781. The number of aromatic nitrogens is 1. The van der Waals surface area contributed by atoms with Crippen molar-refractivity contribution in [3.63, 3.8) is 0 Å². The average Bonchev–Trinajstić information content (AvgIpc) is 2.52. The first-order valence-electron chi connectivity index (χ1n) is 8.13. The second kappa shape index (κ2) is 6.87. The number of hydrogen-bond acceptors (Lipinski definition) is 3. The molecule has 1 aliphatic carbocycles. The minimum atomic E-state index is -0.841. The Morgan fingerprint density at radius 3 is 2.92 bits per heavy atom. The van der Waals surface area contributed by atoms with Gasteiger partial charge in [-0.25, -0.2) is 4.98 Å². The van der Waals surface area contributed by atoms with Crippen LogP contribution in [-0.4, -0.2) is 28.1 Å². The molecule has 1 aromatic heterocycles. The fourth-order valence-electron chi connectivity index (χ4n) is 3.51. The third-order valence-corrected chi connectivity index (χ3v) is 5.18. The molecule has 2 N–H and O–H groups in total. The van der Waals surface area contributed by atoms with Crippen LogP contribution in [0.15, 0.2) is 24.3 Å². The molecule has 1 heterocycles. The summed E-state index contributed by atoms with van der Waals surface area (Å²) in [6, 6.07) is 6.74. The molecular weight excluding hydrogens is 347 g/mol. The van der Waals surface area contributed by atoms with Crippen molar-refractivity contribution in [3.05, 3.63) is 40.0 Å². The summed E-state index contributed by atoms with van der Waals surface area (Å²) >= 11 is 12.1. The summed E-state index contributed by atoms with van der Waals surface area (Å²) in [6.45, 7) is 2.35. The molecule has 2 atom stereocenters. The third-order valence-electron chi connectivity index (χ3n) is 4.66. The SMILES string of the molecule is CC1CCCC(O)(CNC(=O)c2c(Cl)ccc3nc(Cl)ccc23)C1. The number of fused-ring (bicyclic) bond motifs is 1. The zero-order valence-electron chi connectivity index (χ0n) is 13.5. The van der Waals surface area contributed by atoms with Crippen LogP contribution in [0, 0.1) is 5.92 Å². The van der Waals surface area contributed by atoms with Crippen LogP contribution >= 0.6 is 23.2 Å². The number of benzene rings is 1. The molecule has 4 nitrogen and oxygen atoms in total. The molecule has 6 heteroatoms. The number of rotatable bonds is 3. The minimum Gasteiger partial charge on any atom is -0.388 e. The van der Waals surface area contributed by atoms with Crippen molar-refractivity contribution in [1.82, 2.24) is 10.3 Å². The molecule has 0 spiro atoms. The van der Waals surface area contributed by atoms with Crippen LogP contribution in [0.2, 0.25) is 10.2 Å². The highest BCUT2D eigenvalue weighted by molar-refractivity contribution is 6.36. The lowest BCUT2D eigenvalue weighted by Gasteiger charge is -2.35. The number of nitrogens with zero attached hydrogens (tertiary/aromatic N) is 1. The summed E-state index contributed by atoms with van der Waals surface area (Å²) in [5.74, 6) is 0.162. The lowest BCUT2D eigenvalue weighted by molar-refractivity contribution is -0.0109. The van der Waals surface area contributed by atoms with Crippen molar-refractivity contribution in [2.75, 3.05) is 6.54 Å². The van der Waals surface area contributed by atoms with E-state index in [1.54, 1.807) is 24.3 Å². The quantitative estimate of drug-likeness (QED) is 0.799. The fraction of sp³-hybridized carbons (Fsp3) is 0.444. The minimum absolute atomic E-state index is 0.226. The van der Waals surface area contributed by atoms with E-state index in [9.17, 15) is 9.90 Å². The largest absolute Gasteiger partial charge is 0.388 e. The van der Waals surface area contributed by atoms with Crippen LogP contribution in [0.3, 0.4) is 0 Å². The summed E-state index contributed by atoms with van der Waals surface area (Å²) in [6.07, 6.45) is 3.51. The van der Waals surface area contributed by atoms with Gasteiger partial charge in [0.1, 0.15) is 5.15 Å². The molecule has 3 rings (SSSR count). The predicted molar refractivity (Wildman–Crippen MR) is 96.7 cm³/mol. The maximum Gasteiger partial charge on any atom is 0.253 e. The van der Waals surface area contributed by atoms with E-state index in [4.69, 9.17) is 23.2 Å². The molecule has 0 saturated heterocycles. The van der Waals surface area contributed by atoms with E-state index in [2.05, 4.69) is 17.2 Å². The summed E-state index contributed by atoms with van der Waals surface area (Å²) in [5.41, 5.74) is 0.138. The molecule has 128 valence electrons. The Morgan fingerprint density at radius 2 is 2.17 bits per heavy atom. The van der Waals surface area contributed by atoms with Crippen LogP contribution in [0.25, 0.3) is 10.9 Å². The Hall–Kier alpha value is -1.36. The number of aliphatic hydroxyl groups is 1. The maximum atomic E-state index is 12.7. The summed E-state index contributed by atoms with van der Waals surface area (Å²) in [4.78, 5) is 16.9. The van der Waals surface area contributed by atoms with Crippen molar-refractivity contribution in [2.24, 2.45) is 5.92 Å². The van der Waals surface area contributed by atoms with Gasteiger partial charge in [-0.3, -0.25) is 4.79 Å². The van der Waals surface area contributed by atoms with Gasteiger partial charge >= 0.3 is 0 Å². The van der Waals surface area contributed by atoms with E-state index in [1.165, 1.54) is 0 Å². The molecule has 0 bridgehead atoms. The van der Waals surface area contributed by atoms with Gasteiger partial charge < -0.3 is 10.4 Å². The standard InChI is InChI=1S/C18H20Cl2N2O2/c1-11-3-2-8-18(24,9-11)10-21-17(23)16-12-4-7-15(20)22-14(12)6-5-13(16)19/h4-7,11,24H,2-3,8-10H2,1H3,(H,21,23). The van der Waals surface area contributed by atoms with Crippen LogP contribution in [0.1, 0.15) is 43.0 Å². The Morgan fingerprint density at radius 1 is 1.38 bits per heavy atom. The first-order chi connectivity index (χ1) is 11.4. The summed E-state index contributed by atoms with van der Waals surface area (Å²) in [7, 11) is 0. The van der Waals surface area contributed by atoms with Crippen LogP contribution in [0.4, 0.5) is 0 Å². The van der Waals surface area contributed by atoms with Crippen LogP contribution < -0.4 is 5.32 Å². The van der Waals surface area contributed by atoms with Crippen molar-refractivity contribution in [1.29, 1.82) is 0 Å². The van der Waals surface area contributed by atoms with Gasteiger partial charge in [-0.1, -0.05) is 43.0 Å². The number of amides is 1. The maximum absolute atomic E-state index is 12.7. The predicted octanol–water partition coefficient (Wildman–Crippen LogP) is 4.21. The molecule has 24 heavy (non-hydrogen) atoms. The fourth-order valence-corrected chi connectivity index (χ4v) is 3.91. The summed E-state index contributed by atoms with van der Waals surface area (Å²) < 4.78 is 0. The molecule has 0 aliphatic heterocycles. The normalized spacial score (nSPS) is 24.1. The van der Waals surface area contributed by atoms with Gasteiger partial charge in [0.25, 0.3) is 5.91 Å².